The fourth-order valence-electron chi connectivity index (χ4n) is 2.14. The minimum atomic E-state index is -0.325. The van der Waals surface area contributed by atoms with Gasteiger partial charge in [-0.15, -0.1) is 0 Å². The standard InChI is InChI=1S/C19H19NO3/c1-23-18-10-6-5-9-17(18)15-20(13-14-21)19(22)12-11-16-7-3-2-4-8-16/h2-10,21H,13-15H2,1H3. The maximum atomic E-state index is 12.3. The van der Waals surface area contributed by atoms with Crippen molar-refractivity contribution in [3.05, 3.63) is 65.7 Å². The minimum absolute atomic E-state index is 0.117. The van der Waals surface area contributed by atoms with Crippen LogP contribution in [0.3, 0.4) is 0 Å². The monoisotopic (exact) mass is 309 g/mol. The molecule has 0 saturated carbocycles. The van der Waals surface area contributed by atoms with E-state index in [1.54, 1.807) is 7.11 Å². The SMILES string of the molecule is COc1ccccc1CN(CCO)C(=O)C#Cc1ccccc1. The smallest absolute Gasteiger partial charge is 0.299 e. The molecule has 0 radical (unpaired) electrons. The summed E-state index contributed by atoms with van der Waals surface area (Å²) in [6.07, 6.45) is 0. The normalized spacial score (nSPS) is 9.65. The predicted molar refractivity (Wildman–Crippen MR) is 88.8 cm³/mol. The Hall–Kier alpha value is -2.77. The summed E-state index contributed by atoms with van der Waals surface area (Å²) in [5.41, 5.74) is 1.65. The number of hydrogen-bond donors (Lipinski definition) is 1. The second kappa shape index (κ2) is 8.62. The molecular weight excluding hydrogens is 290 g/mol. The first-order valence-electron chi connectivity index (χ1n) is 7.33. The molecule has 0 unspecified atom stereocenters. The Morgan fingerprint density at radius 1 is 1.13 bits per heavy atom. The summed E-state index contributed by atoms with van der Waals surface area (Å²) in [4.78, 5) is 13.8. The number of hydrogen-bond acceptors (Lipinski definition) is 3. The molecule has 2 rings (SSSR count). The van der Waals surface area contributed by atoms with Crippen LogP contribution in [-0.2, 0) is 11.3 Å². The van der Waals surface area contributed by atoms with Crippen molar-refractivity contribution in [3.8, 4) is 17.6 Å². The second-order valence-electron chi connectivity index (χ2n) is 4.88. The summed E-state index contributed by atoms with van der Waals surface area (Å²) in [5.74, 6) is 5.85. The van der Waals surface area contributed by atoms with Crippen LogP contribution in [0, 0.1) is 11.8 Å². The molecule has 0 aliphatic heterocycles. The first-order valence-corrected chi connectivity index (χ1v) is 7.33. The van der Waals surface area contributed by atoms with Crippen LogP contribution in [0.4, 0.5) is 0 Å². The Morgan fingerprint density at radius 2 is 1.83 bits per heavy atom. The van der Waals surface area contributed by atoms with Crippen LogP contribution >= 0.6 is 0 Å². The third-order valence-electron chi connectivity index (χ3n) is 3.30. The molecule has 0 bridgehead atoms. The largest absolute Gasteiger partial charge is 0.496 e. The molecule has 0 spiro atoms. The number of carbonyl (C=O) groups excluding carboxylic acids is 1. The zero-order chi connectivity index (χ0) is 16.5. The van der Waals surface area contributed by atoms with Gasteiger partial charge in [-0.2, -0.15) is 0 Å². The summed E-state index contributed by atoms with van der Waals surface area (Å²) >= 11 is 0. The molecule has 1 amide bonds. The molecule has 4 nitrogen and oxygen atoms in total. The predicted octanol–water partition coefficient (Wildman–Crippen LogP) is 2.07. The van der Waals surface area contributed by atoms with E-state index in [2.05, 4.69) is 11.8 Å². The van der Waals surface area contributed by atoms with Crippen molar-refractivity contribution in [2.75, 3.05) is 20.3 Å². The van der Waals surface area contributed by atoms with Gasteiger partial charge in [0.05, 0.1) is 20.3 Å². The number of carbonyl (C=O) groups is 1. The van der Waals surface area contributed by atoms with Gasteiger partial charge in [0, 0.05) is 23.6 Å². The lowest BCUT2D eigenvalue weighted by molar-refractivity contribution is -0.126. The van der Waals surface area contributed by atoms with Gasteiger partial charge in [0.2, 0.25) is 0 Å². The highest BCUT2D eigenvalue weighted by molar-refractivity contribution is 5.94. The van der Waals surface area contributed by atoms with E-state index in [-0.39, 0.29) is 19.1 Å². The first-order chi connectivity index (χ1) is 11.2. The average molecular weight is 309 g/mol. The Bertz CT molecular complexity index is 701. The topological polar surface area (TPSA) is 49.8 Å². The summed E-state index contributed by atoms with van der Waals surface area (Å²) in [7, 11) is 1.59. The summed E-state index contributed by atoms with van der Waals surface area (Å²) in [6.45, 7) is 0.446. The highest BCUT2D eigenvalue weighted by atomic mass is 16.5. The van der Waals surface area contributed by atoms with E-state index in [1.807, 2.05) is 54.6 Å². The number of ether oxygens (including phenoxy) is 1. The lowest BCUT2D eigenvalue weighted by Crippen LogP contribution is -2.32. The van der Waals surface area contributed by atoms with Crippen molar-refractivity contribution in [2.45, 2.75) is 6.54 Å². The molecule has 23 heavy (non-hydrogen) atoms. The van der Waals surface area contributed by atoms with E-state index in [0.717, 1.165) is 11.1 Å². The molecule has 1 N–H and O–H groups in total. The average Bonchev–Trinajstić information content (AvgIpc) is 2.60. The van der Waals surface area contributed by atoms with Crippen LogP contribution in [-0.4, -0.2) is 36.2 Å². The quantitative estimate of drug-likeness (QED) is 0.860. The molecule has 0 aromatic heterocycles. The minimum Gasteiger partial charge on any atom is -0.496 e. The molecule has 2 aromatic rings. The van der Waals surface area contributed by atoms with Crippen molar-refractivity contribution in [2.24, 2.45) is 0 Å². The third-order valence-corrected chi connectivity index (χ3v) is 3.30. The molecule has 4 heteroatoms. The zero-order valence-electron chi connectivity index (χ0n) is 13.0. The van der Waals surface area contributed by atoms with Gasteiger partial charge in [-0.3, -0.25) is 4.79 Å². The lowest BCUT2D eigenvalue weighted by Gasteiger charge is -2.20. The van der Waals surface area contributed by atoms with Gasteiger partial charge in [-0.25, -0.2) is 0 Å². The van der Waals surface area contributed by atoms with E-state index in [4.69, 9.17) is 4.74 Å². The molecule has 0 aliphatic rings. The number of amides is 1. The maximum absolute atomic E-state index is 12.3. The van der Waals surface area contributed by atoms with Crippen LogP contribution < -0.4 is 4.74 Å². The summed E-state index contributed by atoms with van der Waals surface area (Å²) in [5, 5.41) is 9.20. The molecule has 0 fully saturated rings. The Kier molecular flexibility index (Phi) is 6.22. The van der Waals surface area contributed by atoms with Crippen LogP contribution in [0.25, 0.3) is 0 Å². The van der Waals surface area contributed by atoms with Crippen LogP contribution in [0.5, 0.6) is 5.75 Å². The number of para-hydroxylation sites is 1. The maximum Gasteiger partial charge on any atom is 0.299 e. The molecule has 118 valence electrons. The molecule has 2 aromatic carbocycles. The second-order valence-corrected chi connectivity index (χ2v) is 4.88. The van der Waals surface area contributed by atoms with Gasteiger partial charge in [-0.1, -0.05) is 42.3 Å². The van der Waals surface area contributed by atoms with E-state index >= 15 is 0 Å². The van der Waals surface area contributed by atoms with Crippen molar-refractivity contribution in [3.63, 3.8) is 0 Å². The van der Waals surface area contributed by atoms with Gasteiger partial charge in [0.1, 0.15) is 5.75 Å². The van der Waals surface area contributed by atoms with Gasteiger partial charge in [-0.05, 0) is 18.2 Å². The van der Waals surface area contributed by atoms with Crippen molar-refractivity contribution in [1.29, 1.82) is 0 Å². The number of aliphatic hydroxyl groups is 1. The highest BCUT2D eigenvalue weighted by Gasteiger charge is 2.13. The molecule has 0 saturated heterocycles. The van der Waals surface area contributed by atoms with E-state index in [9.17, 15) is 9.90 Å². The van der Waals surface area contributed by atoms with Crippen molar-refractivity contribution >= 4 is 5.91 Å². The molecule has 0 heterocycles. The number of methoxy groups -OCH3 is 1. The van der Waals surface area contributed by atoms with Crippen molar-refractivity contribution in [1.82, 2.24) is 4.90 Å². The molecular formula is C19H19NO3. The third kappa shape index (κ3) is 4.87. The van der Waals surface area contributed by atoms with Gasteiger partial charge in [0.25, 0.3) is 5.91 Å². The van der Waals surface area contributed by atoms with Crippen LogP contribution in [0.15, 0.2) is 54.6 Å². The van der Waals surface area contributed by atoms with E-state index in [1.165, 1.54) is 4.90 Å². The van der Waals surface area contributed by atoms with E-state index in [0.29, 0.717) is 12.3 Å². The number of aliphatic hydroxyl groups excluding tert-OH is 1. The zero-order valence-corrected chi connectivity index (χ0v) is 13.0. The van der Waals surface area contributed by atoms with Crippen LogP contribution in [0.1, 0.15) is 11.1 Å². The number of benzene rings is 2. The Balaban J connectivity index is 2.15. The summed E-state index contributed by atoms with van der Waals surface area (Å²) in [6, 6.07) is 16.8. The van der Waals surface area contributed by atoms with Crippen molar-refractivity contribution < 1.29 is 14.6 Å². The van der Waals surface area contributed by atoms with Gasteiger partial charge >= 0.3 is 0 Å². The number of nitrogens with zero attached hydrogens (tertiary/aromatic N) is 1. The lowest BCUT2D eigenvalue weighted by atomic mass is 10.2. The van der Waals surface area contributed by atoms with E-state index < -0.39 is 0 Å². The number of rotatable bonds is 5. The fraction of sp³-hybridized carbons (Fsp3) is 0.211. The molecule has 0 aliphatic carbocycles. The van der Waals surface area contributed by atoms with Gasteiger partial charge in [0.15, 0.2) is 0 Å². The Morgan fingerprint density at radius 3 is 2.52 bits per heavy atom. The highest BCUT2D eigenvalue weighted by Crippen LogP contribution is 2.19. The first kappa shape index (κ1) is 16.6. The summed E-state index contributed by atoms with van der Waals surface area (Å²) < 4.78 is 5.30. The van der Waals surface area contributed by atoms with Crippen LogP contribution in [0.2, 0.25) is 0 Å². The molecule has 0 atom stereocenters. The Labute approximate surface area is 136 Å². The fourth-order valence-corrected chi connectivity index (χ4v) is 2.14. The van der Waals surface area contributed by atoms with Gasteiger partial charge < -0.3 is 14.7 Å².